The lowest BCUT2D eigenvalue weighted by Crippen LogP contribution is -2.66. The SMILES string of the molecule is CC[C@H](C)[C@H](NC(=O)[C@H](CC(C)C)NC(=O)C1(NC(=O)CCSCc2cccc(CSCCC(=O)NC3CCN(CC(=O)N[C@H](CCC(=O)NC[C@H](O)[C@@H](O)[C@H](O)[C@H](O)CO)C(N)=O)CC3)n2)CCN(C(=O)CCCC(=O)NCC[C@@H](O)[C@H](O)[C@H](O)CO)CC1)C(N)=O. The van der Waals surface area contributed by atoms with Crippen LogP contribution in [0, 0.1) is 11.8 Å². The zero-order valence-electron chi connectivity index (χ0n) is 53.7. The van der Waals surface area contributed by atoms with Gasteiger partial charge >= 0.3 is 0 Å². The van der Waals surface area contributed by atoms with Gasteiger partial charge in [-0.15, -0.1) is 0 Å². The Balaban J connectivity index is 1.47. The molecular weight excluding hydrogens is 1260 g/mol. The molecule has 1 aromatic rings. The Morgan fingerprint density at radius 3 is 1.80 bits per heavy atom. The van der Waals surface area contributed by atoms with E-state index in [1.165, 1.54) is 23.5 Å². The highest BCUT2D eigenvalue weighted by Crippen LogP contribution is 2.26. The molecule has 33 heteroatoms. The topological polar surface area (TPSA) is 508 Å². The van der Waals surface area contributed by atoms with Crippen LogP contribution in [0.4, 0.5) is 0 Å². The average Bonchev–Trinajstić information content (AvgIpc) is 0.826. The number of primary amides is 2. The van der Waals surface area contributed by atoms with Crippen molar-refractivity contribution in [3.05, 3.63) is 29.6 Å². The van der Waals surface area contributed by atoms with E-state index in [9.17, 15) is 83.7 Å². The molecule has 20 N–H and O–H groups in total. The van der Waals surface area contributed by atoms with E-state index in [-0.39, 0.29) is 127 Å². The number of thioether (sulfide) groups is 2. The van der Waals surface area contributed by atoms with Crippen molar-refractivity contribution >= 4 is 82.6 Å². The number of carbonyl (C=O) groups excluding carboxylic acids is 10. The third kappa shape index (κ3) is 29.8. The summed E-state index contributed by atoms with van der Waals surface area (Å²) in [6.07, 6.45) is -9.92. The minimum Gasteiger partial charge on any atom is -0.394 e. The minimum atomic E-state index is -1.87. The molecule has 3 heterocycles. The monoisotopic (exact) mass is 1360 g/mol. The number of hydrogen-bond donors (Lipinski definition) is 18. The Hall–Kier alpha value is -5.85. The van der Waals surface area contributed by atoms with Crippen LogP contribution in [0.3, 0.4) is 0 Å². The number of aliphatic hydroxyl groups excluding tert-OH is 9. The summed E-state index contributed by atoms with van der Waals surface area (Å²) >= 11 is 3.00. The van der Waals surface area contributed by atoms with Crippen LogP contribution in [0.1, 0.15) is 129 Å². The first-order chi connectivity index (χ1) is 44.0. The van der Waals surface area contributed by atoms with Gasteiger partial charge in [-0.3, -0.25) is 57.8 Å². The molecular formula is C60H102N12O19S2. The summed E-state index contributed by atoms with van der Waals surface area (Å²) in [5.74, 6) is -3.74. The summed E-state index contributed by atoms with van der Waals surface area (Å²) in [6.45, 7) is 6.24. The number of aromatic nitrogens is 1. The van der Waals surface area contributed by atoms with Crippen molar-refractivity contribution in [1.29, 1.82) is 0 Å². The van der Waals surface area contributed by atoms with Crippen molar-refractivity contribution < 1.29 is 93.9 Å². The smallest absolute Gasteiger partial charge is 0.246 e. The van der Waals surface area contributed by atoms with Crippen molar-refractivity contribution in [2.45, 2.75) is 202 Å². The zero-order chi connectivity index (χ0) is 69.4. The van der Waals surface area contributed by atoms with Crippen LogP contribution in [-0.2, 0) is 59.5 Å². The molecule has 11 atom stereocenters. The van der Waals surface area contributed by atoms with Gasteiger partial charge in [-0.1, -0.05) is 40.2 Å². The van der Waals surface area contributed by atoms with Gasteiger partial charge in [-0.2, -0.15) is 23.5 Å². The van der Waals surface area contributed by atoms with Gasteiger partial charge in [0.05, 0.1) is 43.4 Å². The first-order valence-electron chi connectivity index (χ1n) is 31.7. The number of likely N-dealkylation sites (tertiary alicyclic amines) is 2. The molecule has 1 aromatic heterocycles. The van der Waals surface area contributed by atoms with E-state index in [1.807, 2.05) is 43.9 Å². The highest BCUT2D eigenvalue weighted by molar-refractivity contribution is 7.98. The molecule has 2 saturated heterocycles. The Labute approximate surface area is 551 Å². The minimum absolute atomic E-state index is 0.000839. The van der Waals surface area contributed by atoms with Crippen LogP contribution in [0.2, 0.25) is 0 Å². The summed E-state index contributed by atoms with van der Waals surface area (Å²) in [6, 6.07) is 2.24. The van der Waals surface area contributed by atoms with Gasteiger partial charge in [-0.25, -0.2) is 0 Å². The van der Waals surface area contributed by atoms with Crippen LogP contribution in [-0.4, -0.2) is 263 Å². The highest BCUT2D eigenvalue weighted by atomic mass is 32.2. The standard InChI is InChI=1S/C60H102N12O19S2/c1-5-36(4)52(57(62)89)69-58(90)41(28-35(2)3)68-59(91)60(19-24-72(25-20-60)51(84)11-7-10-46(79)63-21-14-42(75)53(85)44(77)31-73)70-49(82)18-27-93-34-39-9-6-8-38(65-39)33-92-26-17-48(81)66-37-15-22-71(23-16-37)30-50(83)67-40(56(61)88)12-13-47(80)64-29-43(76)54(86)55(87)45(78)32-74/h6,8-9,35-37,40-45,52-55,73-78,85-87H,5,7,10-34H2,1-4H3,(H2,61,88)(H2,62,89)(H,63,79)(H,64,80)(H,66,81)(H,67,83)(H,68,91)(H,69,90)(H,70,82)/t36-,40+,41-,42+,43-,44+,45+,52-,53-,54+,55+/m0/s1. The lowest BCUT2D eigenvalue weighted by Gasteiger charge is -2.42. The second kappa shape index (κ2) is 42.6. The van der Waals surface area contributed by atoms with Gasteiger partial charge in [-0.05, 0) is 75.3 Å². The summed E-state index contributed by atoms with van der Waals surface area (Å²) in [4.78, 5) is 139. The molecule has 0 spiro atoms. The maximum Gasteiger partial charge on any atom is 0.246 e. The van der Waals surface area contributed by atoms with E-state index in [1.54, 1.807) is 11.8 Å². The number of carbonyl (C=O) groups is 10. The van der Waals surface area contributed by atoms with E-state index in [4.69, 9.17) is 26.7 Å². The molecule has 3 rings (SSSR count). The fraction of sp³-hybridized carbons (Fsp3) is 0.750. The number of amides is 10. The van der Waals surface area contributed by atoms with Gasteiger partial charge in [0.15, 0.2) is 0 Å². The van der Waals surface area contributed by atoms with Crippen molar-refractivity contribution in [2.75, 3.05) is 70.5 Å². The Kier molecular flexibility index (Phi) is 37.2. The normalized spacial score (nSPS) is 18.0. The lowest BCUT2D eigenvalue weighted by atomic mass is 9.85. The molecule has 528 valence electrons. The third-order valence-corrected chi connectivity index (χ3v) is 18.3. The molecule has 0 aliphatic carbocycles. The van der Waals surface area contributed by atoms with Crippen LogP contribution in [0.5, 0.6) is 0 Å². The summed E-state index contributed by atoms with van der Waals surface area (Å²) in [5.41, 5.74) is 11.2. The Morgan fingerprint density at radius 2 is 1.23 bits per heavy atom. The predicted molar refractivity (Wildman–Crippen MR) is 343 cm³/mol. The number of aliphatic hydroxyl groups is 9. The first kappa shape index (κ1) is 81.4. The van der Waals surface area contributed by atoms with E-state index in [0.717, 1.165) is 11.4 Å². The van der Waals surface area contributed by atoms with Crippen LogP contribution < -0.4 is 48.7 Å². The molecule has 0 aromatic carbocycles. The molecule has 0 saturated carbocycles. The van der Waals surface area contributed by atoms with Crippen molar-refractivity contribution in [3.63, 3.8) is 0 Å². The molecule has 2 fully saturated rings. The molecule has 2 aliphatic rings. The lowest BCUT2D eigenvalue weighted by molar-refractivity contribution is -0.141. The maximum atomic E-state index is 14.5. The number of nitrogens with one attached hydrogen (secondary N) is 7. The Morgan fingerprint density at radius 1 is 0.645 bits per heavy atom. The second-order valence-corrected chi connectivity index (χ2v) is 26.5. The largest absolute Gasteiger partial charge is 0.394 e. The predicted octanol–water partition coefficient (Wildman–Crippen LogP) is -5.01. The number of pyridine rings is 1. The summed E-state index contributed by atoms with van der Waals surface area (Å²) < 4.78 is 0. The second-order valence-electron chi connectivity index (χ2n) is 24.2. The summed E-state index contributed by atoms with van der Waals surface area (Å²) in [5, 5.41) is 105. The molecule has 0 unspecified atom stereocenters. The van der Waals surface area contributed by atoms with Gasteiger partial charge in [0.2, 0.25) is 59.1 Å². The fourth-order valence-corrected chi connectivity index (χ4v) is 12.0. The highest BCUT2D eigenvalue weighted by Gasteiger charge is 2.45. The van der Waals surface area contributed by atoms with E-state index < -0.39 is 133 Å². The first-order valence-corrected chi connectivity index (χ1v) is 34.1. The van der Waals surface area contributed by atoms with Gasteiger partial charge < -0.3 is 99.5 Å². The van der Waals surface area contributed by atoms with Crippen molar-refractivity contribution in [1.82, 2.24) is 52.0 Å². The van der Waals surface area contributed by atoms with Gasteiger partial charge in [0, 0.05) is 100 Å². The molecule has 31 nitrogen and oxygen atoms in total. The number of nitrogens with two attached hydrogens (primary N) is 2. The fourth-order valence-electron chi connectivity index (χ4n) is 10.3. The quantitative estimate of drug-likeness (QED) is 0.0272. The van der Waals surface area contributed by atoms with E-state index in [0.29, 0.717) is 55.4 Å². The molecule has 0 bridgehead atoms. The molecule has 2 aliphatic heterocycles. The molecule has 0 radical (unpaired) electrons. The Bertz CT molecular complexity index is 2550. The van der Waals surface area contributed by atoms with Crippen molar-refractivity contribution in [2.24, 2.45) is 23.3 Å². The maximum absolute atomic E-state index is 14.5. The molecule has 10 amide bonds. The number of hydrogen-bond acceptors (Lipinski definition) is 23. The van der Waals surface area contributed by atoms with E-state index >= 15 is 0 Å². The van der Waals surface area contributed by atoms with Gasteiger partial charge in [0.25, 0.3) is 0 Å². The van der Waals surface area contributed by atoms with E-state index in [2.05, 4.69) is 37.2 Å². The van der Waals surface area contributed by atoms with Crippen LogP contribution in [0.15, 0.2) is 18.2 Å². The number of rotatable bonds is 44. The number of nitrogens with zero attached hydrogens (tertiary/aromatic N) is 3. The summed E-state index contributed by atoms with van der Waals surface area (Å²) in [7, 11) is 0. The number of piperidine rings is 2. The van der Waals surface area contributed by atoms with Crippen LogP contribution in [0.25, 0.3) is 0 Å². The average molecular weight is 1360 g/mol. The van der Waals surface area contributed by atoms with Crippen LogP contribution >= 0.6 is 23.5 Å². The zero-order valence-corrected chi connectivity index (χ0v) is 55.4. The van der Waals surface area contributed by atoms with Gasteiger partial charge in [0.1, 0.15) is 54.2 Å². The third-order valence-electron chi connectivity index (χ3n) is 16.3. The molecule has 93 heavy (non-hydrogen) atoms. The van der Waals surface area contributed by atoms with Crippen molar-refractivity contribution in [3.8, 4) is 0 Å².